The minimum atomic E-state index is 0.650. The summed E-state index contributed by atoms with van der Waals surface area (Å²) in [7, 11) is 0. The summed E-state index contributed by atoms with van der Waals surface area (Å²) in [6, 6.07) is 4.83. The van der Waals surface area contributed by atoms with Crippen molar-refractivity contribution in [3.05, 3.63) is 30.1 Å². The molecule has 0 aromatic carbocycles. The minimum absolute atomic E-state index is 0.650. The molecular weight excluding hydrogens is 198 g/mol. The Morgan fingerprint density at radius 2 is 2.44 bits per heavy atom. The van der Waals surface area contributed by atoms with Crippen molar-refractivity contribution in [2.45, 2.75) is 32.4 Å². The predicted molar refractivity (Wildman–Crippen MR) is 66.2 cm³/mol. The Morgan fingerprint density at radius 1 is 1.50 bits per heavy atom. The number of aromatic nitrogens is 1. The van der Waals surface area contributed by atoms with E-state index in [9.17, 15) is 0 Å². The Hall–Kier alpha value is -0.930. The first-order valence-electron chi connectivity index (χ1n) is 6.19. The van der Waals surface area contributed by atoms with Crippen LogP contribution in [0.2, 0.25) is 0 Å². The lowest BCUT2D eigenvalue weighted by atomic mass is 10.1. The largest absolute Gasteiger partial charge is 0.314 e. The van der Waals surface area contributed by atoms with Gasteiger partial charge >= 0.3 is 0 Å². The van der Waals surface area contributed by atoms with Gasteiger partial charge in [-0.3, -0.25) is 9.88 Å². The molecule has 0 bridgehead atoms. The Labute approximate surface area is 97.9 Å². The molecule has 0 spiro atoms. The van der Waals surface area contributed by atoms with Crippen LogP contribution >= 0.6 is 0 Å². The van der Waals surface area contributed by atoms with Gasteiger partial charge in [-0.15, -0.1) is 0 Å². The zero-order valence-corrected chi connectivity index (χ0v) is 10.0. The summed E-state index contributed by atoms with van der Waals surface area (Å²) < 4.78 is 0. The highest BCUT2D eigenvalue weighted by atomic mass is 15.1. The first-order chi connectivity index (χ1) is 7.84. The Kier molecular flexibility index (Phi) is 4.31. The fraction of sp³-hybridized carbons (Fsp3) is 0.615. The summed E-state index contributed by atoms with van der Waals surface area (Å²) in [5, 5.41) is 3.53. The van der Waals surface area contributed by atoms with Crippen LogP contribution in [0.4, 0.5) is 0 Å². The average molecular weight is 219 g/mol. The second-order valence-corrected chi connectivity index (χ2v) is 4.63. The Morgan fingerprint density at radius 3 is 3.25 bits per heavy atom. The molecular formula is C13H21N3. The molecule has 1 aliphatic rings. The first kappa shape index (κ1) is 11.6. The molecule has 1 aliphatic heterocycles. The molecule has 16 heavy (non-hydrogen) atoms. The maximum Gasteiger partial charge on any atom is 0.0312 e. The fourth-order valence-electron chi connectivity index (χ4n) is 2.15. The van der Waals surface area contributed by atoms with Crippen molar-refractivity contribution in [1.29, 1.82) is 0 Å². The van der Waals surface area contributed by atoms with Gasteiger partial charge in [-0.2, -0.15) is 0 Å². The normalized spacial score (nSPS) is 23.7. The van der Waals surface area contributed by atoms with E-state index in [1.165, 1.54) is 31.5 Å². The van der Waals surface area contributed by atoms with Gasteiger partial charge < -0.3 is 5.32 Å². The Balaban J connectivity index is 1.88. The molecule has 3 heteroatoms. The van der Waals surface area contributed by atoms with Crippen molar-refractivity contribution in [2.24, 2.45) is 0 Å². The summed E-state index contributed by atoms with van der Waals surface area (Å²) in [4.78, 5) is 6.70. The highest BCUT2D eigenvalue weighted by Gasteiger charge is 2.11. The maximum absolute atomic E-state index is 4.17. The van der Waals surface area contributed by atoms with Gasteiger partial charge in [-0.25, -0.2) is 0 Å². The van der Waals surface area contributed by atoms with Crippen molar-refractivity contribution in [3.8, 4) is 0 Å². The van der Waals surface area contributed by atoms with Gasteiger partial charge in [0.2, 0.25) is 0 Å². The highest BCUT2D eigenvalue weighted by molar-refractivity contribution is 5.08. The molecule has 0 amide bonds. The number of nitrogens with zero attached hydrogens (tertiary/aromatic N) is 2. The average Bonchev–Trinajstić information content (AvgIpc) is 2.30. The van der Waals surface area contributed by atoms with E-state index < -0.39 is 0 Å². The minimum Gasteiger partial charge on any atom is -0.314 e. The van der Waals surface area contributed by atoms with Crippen molar-refractivity contribution in [1.82, 2.24) is 15.2 Å². The zero-order chi connectivity index (χ0) is 11.2. The van der Waals surface area contributed by atoms with Crippen molar-refractivity contribution in [3.63, 3.8) is 0 Å². The monoisotopic (exact) mass is 219 g/mol. The molecule has 88 valence electrons. The fourth-order valence-corrected chi connectivity index (χ4v) is 2.15. The van der Waals surface area contributed by atoms with Crippen LogP contribution < -0.4 is 5.32 Å². The molecule has 1 fully saturated rings. The molecule has 1 unspecified atom stereocenters. The van der Waals surface area contributed by atoms with Crippen LogP contribution in [0.15, 0.2) is 24.5 Å². The molecule has 0 radical (unpaired) electrons. The molecule has 1 saturated heterocycles. The molecule has 3 nitrogen and oxygen atoms in total. The Bertz CT molecular complexity index is 299. The van der Waals surface area contributed by atoms with Crippen LogP contribution in [0.5, 0.6) is 0 Å². The van der Waals surface area contributed by atoms with E-state index in [0.717, 1.165) is 13.1 Å². The van der Waals surface area contributed by atoms with Gasteiger partial charge in [0.15, 0.2) is 0 Å². The van der Waals surface area contributed by atoms with Crippen LogP contribution in [-0.4, -0.2) is 35.6 Å². The van der Waals surface area contributed by atoms with Crippen LogP contribution in [0.3, 0.4) is 0 Å². The highest BCUT2D eigenvalue weighted by Crippen LogP contribution is 2.07. The van der Waals surface area contributed by atoms with Crippen LogP contribution in [-0.2, 0) is 6.54 Å². The van der Waals surface area contributed by atoms with Crippen molar-refractivity contribution < 1.29 is 0 Å². The second-order valence-electron chi connectivity index (χ2n) is 4.63. The van der Waals surface area contributed by atoms with E-state index in [0.29, 0.717) is 6.04 Å². The molecule has 0 aliphatic carbocycles. The molecule has 1 aromatic rings. The lowest BCUT2D eigenvalue weighted by Gasteiger charge is -2.27. The molecule has 1 aromatic heterocycles. The summed E-state index contributed by atoms with van der Waals surface area (Å²) in [6.07, 6.45) is 6.29. The SMILES string of the molecule is CC1CCN(Cc2cccnc2)CCCN1. The molecule has 0 saturated carbocycles. The third-order valence-electron chi connectivity index (χ3n) is 3.15. The lowest BCUT2D eigenvalue weighted by molar-refractivity contribution is 0.229. The number of hydrogen-bond acceptors (Lipinski definition) is 3. The standard InChI is InChI=1S/C13H21N3/c1-12-5-9-16(8-3-7-15-12)11-13-4-2-6-14-10-13/h2,4,6,10,12,15H,3,5,7-9,11H2,1H3. The van der Waals surface area contributed by atoms with E-state index in [1.807, 2.05) is 18.5 Å². The molecule has 1 N–H and O–H groups in total. The summed E-state index contributed by atoms with van der Waals surface area (Å²) in [5.41, 5.74) is 1.32. The van der Waals surface area contributed by atoms with Gasteiger partial charge in [0.05, 0.1) is 0 Å². The number of hydrogen-bond donors (Lipinski definition) is 1. The number of pyridine rings is 1. The first-order valence-corrected chi connectivity index (χ1v) is 6.19. The van der Waals surface area contributed by atoms with Gasteiger partial charge in [-0.05, 0) is 51.0 Å². The second kappa shape index (κ2) is 5.97. The molecule has 2 rings (SSSR count). The quantitative estimate of drug-likeness (QED) is 0.820. The summed E-state index contributed by atoms with van der Waals surface area (Å²) in [6.45, 7) is 6.83. The number of rotatable bonds is 2. The smallest absolute Gasteiger partial charge is 0.0312 e. The molecule has 1 atom stereocenters. The topological polar surface area (TPSA) is 28.2 Å². The maximum atomic E-state index is 4.17. The van der Waals surface area contributed by atoms with E-state index in [1.54, 1.807) is 0 Å². The predicted octanol–water partition coefficient (Wildman–Crippen LogP) is 1.66. The van der Waals surface area contributed by atoms with Gasteiger partial charge in [-0.1, -0.05) is 6.07 Å². The van der Waals surface area contributed by atoms with Crippen LogP contribution in [0.25, 0.3) is 0 Å². The third kappa shape index (κ3) is 3.58. The van der Waals surface area contributed by atoms with E-state index in [-0.39, 0.29) is 0 Å². The number of nitrogens with one attached hydrogen (secondary N) is 1. The van der Waals surface area contributed by atoms with Gasteiger partial charge in [0.1, 0.15) is 0 Å². The van der Waals surface area contributed by atoms with Crippen molar-refractivity contribution >= 4 is 0 Å². The summed E-state index contributed by atoms with van der Waals surface area (Å²) in [5.74, 6) is 0. The van der Waals surface area contributed by atoms with E-state index in [4.69, 9.17) is 0 Å². The van der Waals surface area contributed by atoms with E-state index in [2.05, 4.69) is 28.2 Å². The van der Waals surface area contributed by atoms with Crippen LogP contribution in [0.1, 0.15) is 25.3 Å². The van der Waals surface area contributed by atoms with Gasteiger partial charge in [0.25, 0.3) is 0 Å². The van der Waals surface area contributed by atoms with E-state index >= 15 is 0 Å². The molecule has 2 heterocycles. The zero-order valence-electron chi connectivity index (χ0n) is 10.0. The van der Waals surface area contributed by atoms with Gasteiger partial charge in [0, 0.05) is 25.0 Å². The lowest BCUT2D eigenvalue weighted by Crippen LogP contribution is -2.38. The van der Waals surface area contributed by atoms with Crippen LogP contribution in [0, 0.1) is 0 Å². The van der Waals surface area contributed by atoms with Crippen molar-refractivity contribution in [2.75, 3.05) is 19.6 Å². The summed E-state index contributed by atoms with van der Waals surface area (Å²) >= 11 is 0. The third-order valence-corrected chi connectivity index (χ3v) is 3.15.